The third-order valence-electron chi connectivity index (χ3n) is 2.77. The number of carbonyl (C=O) groups is 1. The average Bonchev–Trinajstić information content (AvgIpc) is 2.40. The number of anilines is 1. The molecule has 0 aromatic carbocycles. The second kappa shape index (κ2) is 7.78. The lowest BCUT2D eigenvalue weighted by molar-refractivity contribution is -0.139. The third kappa shape index (κ3) is 5.35. The fourth-order valence-corrected chi connectivity index (χ4v) is 1.66. The number of nitrogens with zero attached hydrogens (tertiary/aromatic N) is 1. The smallest absolute Gasteiger partial charge is 0.423 e. The molecule has 0 spiro atoms. The van der Waals surface area contributed by atoms with Gasteiger partial charge in [-0.15, -0.1) is 0 Å². The van der Waals surface area contributed by atoms with Gasteiger partial charge in [-0.3, -0.25) is 9.59 Å². The van der Waals surface area contributed by atoms with Crippen molar-refractivity contribution in [3.63, 3.8) is 0 Å². The number of hydrogen-bond acceptors (Lipinski definition) is 5. The number of H-pyrrole nitrogens is 1. The van der Waals surface area contributed by atoms with Crippen LogP contribution in [0.5, 0.6) is 0 Å². The summed E-state index contributed by atoms with van der Waals surface area (Å²) in [5, 5.41) is 16.1. The number of halogens is 3. The van der Waals surface area contributed by atoms with Gasteiger partial charge in [0, 0.05) is 6.04 Å². The molecule has 1 heterocycles. The van der Waals surface area contributed by atoms with Crippen LogP contribution in [0.15, 0.2) is 11.0 Å². The highest BCUT2D eigenvalue weighted by Gasteiger charge is 2.37. The minimum atomic E-state index is -4.82. The largest absolute Gasteiger partial charge is 0.481 e. The third-order valence-corrected chi connectivity index (χ3v) is 2.77. The molecule has 1 aromatic heterocycles. The van der Waals surface area contributed by atoms with E-state index in [9.17, 15) is 22.8 Å². The van der Waals surface area contributed by atoms with Gasteiger partial charge in [-0.25, -0.2) is 5.10 Å². The molecule has 0 bridgehead atoms. The van der Waals surface area contributed by atoms with E-state index in [-0.39, 0.29) is 19.6 Å². The molecule has 22 heavy (non-hydrogen) atoms. The molecule has 0 aliphatic rings. The summed E-state index contributed by atoms with van der Waals surface area (Å²) in [6.45, 7) is 1.67. The van der Waals surface area contributed by atoms with E-state index in [4.69, 9.17) is 9.84 Å². The molecule has 0 aliphatic heterocycles. The number of carboxylic acid groups (broad SMARTS) is 1. The van der Waals surface area contributed by atoms with Gasteiger partial charge in [0.25, 0.3) is 5.56 Å². The highest BCUT2D eigenvalue weighted by atomic mass is 19.4. The van der Waals surface area contributed by atoms with Crippen LogP contribution < -0.4 is 10.9 Å². The highest BCUT2D eigenvalue weighted by Crippen LogP contribution is 2.31. The maximum absolute atomic E-state index is 12.9. The lowest BCUT2D eigenvalue weighted by Gasteiger charge is -2.20. The second-order valence-corrected chi connectivity index (χ2v) is 4.45. The Morgan fingerprint density at radius 1 is 1.55 bits per heavy atom. The molecule has 124 valence electrons. The quantitative estimate of drug-likeness (QED) is 0.626. The Kier molecular flexibility index (Phi) is 6.35. The van der Waals surface area contributed by atoms with Gasteiger partial charge in [-0.05, 0) is 6.42 Å². The van der Waals surface area contributed by atoms with E-state index in [1.54, 1.807) is 12.0 Å². The molecule has 0 saturated heterocycles. The first-order chi connectivity index (χ1) is 10.3. The van der Waals surface area contributed by atoms with Gasteiger partial charge in [-0.2, -0.15) is 18.3 Å². The number of alkyl halides is 3. The maximum Gasteiger partial charge on any atom is 0.423 e. The zero-order chi connectivity index (χ0) is 16.8. The minimum absolute atomic E-state index is 0.00781. The fraction of sp³-hybridized carbons (Fsp3) is 0.583. The summed E-state index contributed by atoms with van der Waals surface area (Å²) in [5.74, 6) is -1.03. The average molecular weight is 323 g/mol. The predicted molar refractivity (Wildman–Crippen MR) is 70.6 cm³/mol. The molecule has 0 fully saturated rings. The molecule has 10 heteroatoms. The van der Waals surface area contributed by atoms with Crippen molar-refractivity contribution in [2.75, 3.05) is 18.5 Å². The number of nitrogens with one attached hydrogen (secondary N) is 2. The van der Waals surface area contributed by atoms with E-state index >= 15 is 0 Å². The van der Waals surface area contributed by atoms with E-state index in [2.05, 4.69) is 10.4 Å². The van der Waals surface area contributed by atoms with Crippen LogP contribution in [0, 0.1) is 0 Å². The Hall–Kier alpha value is -2.10. The van der Waals surface area contributed by atoms with Gasteiger partial charge >= 0.3 is 12.1 Å². The van der Waals surface area contributed by atoms with Crippen molar-refractivity contribution in [3.8, 4) is 0 Å². The van der Waals surface area contributed by atoms with Crippen LogP contribution in [0.25, 0.3) is 0 Å². The van der Waals surface area contributed by atoms with Crippen molar-refractivity contribution in [2.45, 2.75) is 32.0 Å². The molecule has 0 unspecified atom stereocenters. The number of ether oxygens (including phenoxy) is 1. The minimum Gasteiger partial charge on any atom is -0.481 e. The van der Waals surface area contributed by atoms with Gasteiger partial charge in [0.2, 0.25) is 0 Å². The van der Waals surface area contributed by atoms with Crippen molar-refractivity contribution in [3.05, 3.63) is 22.1 Å². The molecule has 0 aliphatic carbocycles. The summed E-state index contributed by atoms with van der Waals surface area (Å²) in [6.07, 6.45) is -3.72. The number of aromatic nitrogens is 2. The standard InChI is InChI=1S/C12H16F3N3O4/c1-2-7(6-22-4-3-9(19)20)17-8-5-16-18-11(21)10(8)12(13,14)15/h5,7H,2-4,6H2,1H3,(H,19,20)(H2,17,18,21)/t7-/m1/s1. The Balaban J connectivity index is 2.77. The Labute approximate surface area is 123 Å². The normalized spacial score (nSPS) is 12.9. The summed E-state index contributed by atoms with van der Waals surface area (Å²) in [5.41, 5.74) is -3.13. The van der Waals surface area contributed by atoms with Crippen LogP contribution >= 0.6 is 0 Å². The summed E-state index contributed by atoms with van der Waals surface area (Å²) in [7, 11) is 0. The lowest BCUT2D eigenvalue weighted by Crippen LogP contribution is -2.30. The number of carboxylic acids is 1. The van der Waals surface area contributed by atoms with Gasteiger partial charge in [0.05, 0.1) is 31.5 Å². The SMILES string of the molecule is CC[C@H](COCCC(=O)O)Nc1cn[nH]c(=O)c1C(F)(F)F. The van der Waals surface area contributed by atoms with Crippen LogP contribution in [-0.4, -0.2) is 40.5 Å². The van der Waals surface area contributed by atoms with Crippen molar-refractivity contribution < 1.29 is 27.8 Å². The predicted octanol–water partition coefficient (Wildman–Crippen LogP) is 1.47. The first kappa shape index (κ1) is 18.0. The van der Waals surface area contributed by atoms with Gasteiger partial charge in [-0.1, -0.05) is 6.92 Å². The van der Waals surface area contributed by atoms with Crippen molar-refractivity contribution in [1.82, 2.24) is 10.2 Å². The second-order valence-electron chi connectivity index (χ2n) is 4.45. The van der Waals surface area contributed by atoms with Gasteiger partial charge in [0.15, 0.2) is 0 Å². The molecule has 0 saturated carbocycles. The number of aromatic amines is 1. The van der Waals surface area contributed by atoms with Crippen molar-refractivity contribution in [2.24, 2.45) is 0 Å². The van der Waals surface area contributed by atoms with Crippen LogP contribution in [0.2, 0.25) is 0 Å². The molecule has 0 amide bonds. The monoisotopic (exact) mass is 323 g/mol. The van der Waals surface area contributed by atoms with Crippen LogP contribution in [0.3, 0.4) is 0 Å². The summed E-state index contributed by atoms with van der Waals surface area (Å²) in [4.78, 5) is 21.6. The molecular weight excluding hydrogens is 307 g/mol. The van der Waals surface area contributed by atoms with Crippen LogP contribution in [0.4, 0.5) is 18.9 Å². The van der Waals surface area contributed by atoms with Crippen molar-refractivity contribution >= 4 is 11.7 Å². The topological polar surface area (TPSA) is 104 Å². The van der Waals surface area contributed by atoms with Crippen LogP contribution in [-0.2, 0) is 15.7 Å². The first-order valence-electron chi connectivity index (χ1n) is 6.46. The molecule has 1 atom stereocenters. The van der Waals surface area contributed by atoms with Gasteiger partial charge in [0.1, 0.15) is 5.56 Å². The van der Waals surface area contributed by atoms with E-state index in [0.29, 0.717) is 6.42 Å². The summed E-state index contributed by atoms with van der Waals surface area (Å²) in [6, 6.07) is -0.515. The van der Waals surface area contributed by atoms with E-state index in [1.165, 1.54) is 0 Å². The molecule has 3 N–H and O–H groups in total. The van der Waals surface area contributed by atoms with Crippen molar-refractivity contribution in [1.29, 1.82) is 0 Å². The lowest BCUT2D eigenvalue weighted by atomic mass is 10.2. The van der Waals surface area contributed by atoms with Gasteiger partial charge < -0.3 is 15.2 Å². The molecule has 0 radical (unpaired) electrons. The maximum atomic E-state index is 12.9. The number of hydrogen-bond donors (Lipinski definition) is 3. The zero-order valence-corrected chi connectivity index (χ0v) is 11.7. The Bertz CT molecular complexity index is 559. The van der Waals surface area contributed by atoms with E-state index in [0.717, 1.165) is 6.20 Å². The molecule has 1 rings (SSSR count). The fourth-order valence-electron chi connectivity index (χ4n) is 1.66. The number of rotatable bonds is 8. The van der Waals surface area contributed by atoms with E-state index < -0.39 is 35.0 Å². The molecule has 7 nitrogen and oxygen atoms in total. The van der Waals surface area contributed by atoms with Crippen LogP contribution in [0.1, 0.15) is 25.3 Å². The Morgan fingerprint density at radius 3 is 2.77 bits per heavy atom. The first-order valence-corrected chi connectivity index (χ1v) is 6.46. The number of aliphatic carboxylic acids is 1. The Morgan fingerprint density at radius 2 is 2.23 bits per heavy atom. The zero-order valence-electron chi connectivity index (χ0n) is 11.7. The van der Waals surface area contributed by atoms with E-state index in [1.807, 2.05) is 0 Å². The molecule has 1 aromatic rings. The summed E-state index contributed by atoms with van der Waals surface area (Å²) < 4.78 is 43.7. The highest BCUT2D eigenvalue weighted by molar-refractivity contribution is 5.66. The molecular formula is C12H16F3N3O4. The summed E-state index contributed by atoms with van der Waals surface area (Å²) >= 11 is 0.